The molecule has 0 bridgehead atoms. The molecule has 10 nitrogen and oxygen atoms in total. The highest BCUT2D eigenvalue weighted by atomic mass is 32.1. The van der Waals surface area contributed by atoms with Crippen LogP contribution in [0.5, 0.6) is 5.75 Å². The Balaban J connectivity index is 0.000000417. The van der Waals surface area contributed by atoms with Crippen molar-refractivity contribution in [3.8, 4) is 16.5 Å². The van der Waals surface area contributed by atoms with Gasteiger partial charge in [0.25, 0.3) is 5.56 Å². The number of primary amides is 1. The van der Waals surface area contributed by atoms with Crippen molar-refractivity contribution in [3.05, 3.63) is 68.7 Å². The molecule has 0 saturated heterocycles. The van der Waals surface area contributed by atoms with Crippen molar-refractivity contribution in [1.29, 1.82) is 0 Å². The number of hydrogen-bond donors (Lipinski definition) is 3. The van der Waals surface area contributed by atoms with Crippen LogP contribution in [0.2, 0.25) is 0 Å². The van der Waals surface area contributed by atoms with Crippen LogP contribution in [0.1, 0.15) is 50.7 Å². The van der Waals surface area contributed by atoms with E-state index in [4.69, 9.17) is 20.0 Å². The lowest BCUT2D eigenvalue weighted by atomic mass is 9.98. The monoisotopic (exact) mass is 600 g/mol. The van der Waals surface area contributed by atoms with Crippen LogP contribution in [0.25, 0.3) is 21.0 Å². The number of thiophene rings is 1. The molecule has 5 rings (SSSR count). The largest absolute Gasteiger partial charge is 0.496 e. The van der Waals surface area contributed by atoms with Gasteiger partial charge < -0.3 is 20.0 Å². The topological polar surface area (TPSA) is 143 Å². The number of rotatable bonds is 7. The van der Waals surface area contributed by atoms with Crippen molar-refractivity contribution in [2.45, 2.75) is 76.3 Å². The van der Waals surface area contributed by atoms with Crippen LogP contribution in [0.3, 0.4) is 0 Å². The number of aromatic nitrogens is 3. The molecule has 1 saturated carbocycles. The molecule has 0 atom stereocenters. The van der Waals surface area contributed by atoms with E-state index in [9.17, 15) is 14.4 Å². The van der Waals surface area contributed by atoms with Gasteiger partial charge in [-0.25, -0.2) is 14.3 Å². The number of para-hydroxylation sites is 1. The van der Waals surface area contributed by atoms with Gasteiger partial charge in [-0.15, -0.1) is 11.3 Å². The van der Waals surface area contributed by atoms with E-state index >= 15 is 0 Å². The van der Waals surface area contributed by atoms with E-state index in [1.54, 1.807) is 14.0 Å². The summed E-state index contributed by atoms with van der Waals surface area (Å²) in [4.78, 5) is 44.6. The number of aryl methyl sites for hydroxylation is 3. The minimum atomic E-state index is -1.52. The predicted octanol–water partition coefficient (Wildman–Crippen LogP) is 3.88. The van der Waals surface area contributed by atoms with Crippen LogP contribution < -0.4 is 21.7 Å². The first-order valence-corrected chi connectivity index (χ1v) is 14.8. The molecule has 0 radical (unpaired) electrons. The Kier molecular flexibility index (Phi) is 9.45. The van der Waals surface area contributed by atoms with E-state index in [1.165, 1.54) is 42.2 Å². The Morgan fingerprint density at radius 1 is 1.24 bits per heavy atom. The first kappa shape index (κ1) is 30.6. The van der Waals surface area contributed by atoms with Gasteiger partial charge in [-0.3, -0.25) is 14.2 Å². The maximum Gasteiger partial charge on any atom is 0.333 e. The highest BCUT2D eigenvalue weighted by Crippen LogP contribution is 2.36. The Hall–Kier alpha value is -3.35. The number of aliphatic hydroxyl groups excluding tert-OH is 1. The van der Waals surface area contributed by atoms with Crippen LogP contribution in [0.4, 0.5) is 0 Å². The average molecular weight is 601 g/mol. The van der Waals surface area contributed by atoms with Crippen LogP contribution >= 0.6 is 24.0 Å². The number of carbonyl (C=O) groups excluding carboxylic acids is 1. The number of amides is 1. The SMILES string of the molecule is COc1ccccc1CCn1c(=O)n(C(C)(C)C(N)=O)c(=O)c2c(C)c(-c3ncco3)sc21.OC1CCC(S)CC1. The molecular formula is C29H36N4O6S2. The predicted molar refractivity (Wildman–Crippen MR) is 163 cm³/mol. The average Bonchev–Trinajstić information content (AvgIpc) is 3.59. The number of aliphatic hydroxyl groups is 1. The third-order valence-corrected chi connectivity index (χ3v) is 9.28. The Bertz CT molecular complexity index is 1620. The van der Waals surface area contributed by atoms with E-state index in [0.29, 0.717) is 44.0 Å². The quantitative estimate of drug-likeness (QED) is 0.273. The molecule has 0 aliphatic heterocycles. The zero-order chi connectivity index (χ0) is 29.9. The van der Waals surface area contributed by atoms with Gasteiger partial charge in [-0.2, -0.15) is 12.6 Å². The Morgan fingerprint density at radius 3 is 2.51 bits per heavy atom. The number of ether oxygens (including phenoxy) is 1. The maximum absolute atomic E-state index is 13.6. The molecule has 1 aliphatic carbocycles. The Morgan fingerprint density at radius 2 is 1.93 bits per heavy atom. The molecule has 220 valence electrons. The first-order valence-electron chi connectivity index (χ1n) is 13.4. The first-order chi connectivity index (χ1) is 19.5. The number of benzene rings is 1. The number of carbonyl (C=O) groups is 1. The fraction of sp³-hybridized carbons (Fsp3) is 0.448. The summed E-state index contributed by atoms with van der Waals surface area (Å²) in [5, 5.41) is 9.88. The number of hydrogen-bond acceptors (Lipinski definition) is 9. The molecule has 3 heterocycles. The number of oxazole rings is 1. The molecule has 1 fully saturated rings. The highest BCUT2D eigenvalue weighted by Gasteiger charge is 2.34. The molecule has 1 aromatic carbocycles. The van der Waals surface area contributed by atoms with Crippen LogP contribution in [0.15, 0.2) is 50.7 Å². The summed E-state index contributed by atoms with van der Waals surface area (Å²) < 4.78 is 13.3. The second-order valence-electron chi connectivity index (χ2n) is 10.6. The van der Waals surface area contributed by atoms with Gasteiger partial charge in [-0.1, -0.05) is 18.2 Å². The summed E-state index contributed by atoms with van der Waals surface area (Å²) >= 11 is 5.55. The van der Waals surface area contributed by atoms with Crippen LogP contribution in [-0.2, 0) is 23.3 Å². The smallest absolute Gasteiger partial charge is 0.333 e. The van der Waals surface area contributed by atoms with E-state index in [2.05, 4.69) is 17.6 Å². The molecular weight excluding hydrogens is 564 g/mol. The van der Waals surface area contributed by atoms with Crippen LogP contribution in [0, 0.1) is 6.92 Å². The fourth-order valence-electron chi connectivity index (χ4n) is 4.89. The minimum Gasteiger partial charge on any atom is -0.496 e. The molecule has 4 aromatic rings. The van der Waals surface area contributed by atoms with Crippen LogP contribution in [-0.4, -0.2) is 43.6 Å². The van der Waals surface area contributed by atoms with E-state index in [-0.39, 0.29) is 12.6 Å². The molecule has 0 unspecified atom stereocenters. The third-order valence-electron chi connectivity index (χ3n) is 7.46. The minimum absolute atomic E-state index is 0.0293. The molecule has 1 aliphatic rings. The number of methoxy groups -OCH3 is 1. The van der Waals surface area contributed by atoms with Crippen molar-refractivity contribution in [1.82, 2.24) is 14.1 Å². The molecule has 3 aromatic heterocycles. The summed E-state index contributed by atoms with van der Waals surface area (Å²) in [6.07, 6.45) is 7.49. The van der Waals surface area contributed by atoms with E-state index < -0.39 is 22.7 Å². The molecule has 12 heteroatoms. The van der Waals surface area contributed by atoms with Gasteiger partial charge in [-0.05, 0) is 70.1 Å². The lowest BCUT2D eigenvalue weighted by Gasteiger charge is -2.24. The summed E-state index contributed by atoms with van der Waals surface area (Å²) in [6.45, 7) is 4.96. The van der Waals surface area contributed by atoms with E-state index in [1.807, 2.05) is 24.3 Å². The summed E-state index contributed by atoms with van der Waals surface area (Å²) in [5.74, 6) is 0.283. The van der Waals surface area contributed by atoms with Gasteiger partial charge in [0.2, 0.25) is 11.8 Å². The molecule has 1 amide bonds. The van der Waals surface area contributed by atoms with Crippen molar-refractivity contribution in [2.24, 2.45) is 5.73 Å². The van der Waals surface area contributed by atoms with Crippen molar-refractivity contribution >= 4 is 40.1 Å². The summed E-state index contributed by atoms with van der Waals surface area (Å²) in [6, 6.07) is 7.53. The van der Waals surface area contributed by atoms with Crippen molar-refractivity contribution in [3.63, 3.8) is 0 Å². The molecule has 0 spiro atoms. The summed E-state index contributed by atoms with van der Waals surface area (Å²) in [5.41, 5.74) is 4.41. The number of nitrogens with zero attached hydrogens (tertiary/aromatic N) is 3. The zero-order valence-corrected chi connectivity index (χ0v) is 25.3. The number of thiol groups is 1. The number of nitrogens with two attached hydrogens (primary N) is 1. The molecule has 41 heavy (non-hydrogen) atoms. The van der Waals surface area contributed by atoms with Gasteiger partial charge in [0.1, 0.15) is 22.4 Å². The standard InChI is InChI=1S/C23H24N4O5S.C6H12OS/c1-13-16-19(28)27(23(2,3)21(24)29)22(30)26(11-9-14-7-5-6-8-15(14)31-4)20(16)33-17(13)18-25-10-12-32-18;7-5-1-3-6(8)4-2-5/h5-8,10,12H,9,11H2,1-4H3,(H2,24,29);5-8H,1-4H2. The number of fused-ring (bicyclic) bond motifs is 1. The normalized spacial score (nSPS) is 17.2. The fourth-order valence-corrected chi connectivity index (χ4v) is 6.44. The zero-order valence-electron chi connectivity index (χ0n) is 23.6. The maximum atomic E-state index is 13.6. The van der Waals surface area contributed by atoms with Gasteiger partial charge in [0.15, 0.2) is 0 Å². The second kappa shape index (κ2) is 12.7. The Labute approximate surface area is 247 Å². The van der Waals surface area contributed by atoms with Crippen molar-refractivity contribution in [2.75, 3.05) is 7.11 Å². The summed E-state index contributed by atoms with van der Waals surface area (Å²) in [7, 11) is 1.59. The highest BCUT2D eigenvalue weighted by molar-refractivity contribution is 7.80. The van der Waals surface area contributed by atoms with Crippen molar-refractivity contribution < 1.29 is 19.1 Å². The van der Waals surface area contributed by atoms with Gasteiger partial charge >= 0.3 is 5.69 Å². The van der Waals surface area contributed by atoms with E-state index in [0.717, 1.165) is 35.8 Å². The second-order valence-corrected chi connectivity index (χ2v) is 12.3. The molecule has 3 N–H and O–H groups in total. The lowest BCUT2D eigenvalue weighted by Crippen LogP contribution is -2.54. The van der Waals surface area contributed by atoms with Gasteiger partial charge in [0.05, 0.1) is 29.7 Å². The lowest BCUT2D eigenvalue weighted by molar-refractivity contribution is -0.125. The van der Waals surface area contributed by atoms with Gasteiger partial charge in [0, 0.05) is 11.8 Å². The third kappa shape index (κ3) is 6.29.